The summed E-state index contributed by atoms with van der Waals surface area (Å²) in [6.07, 6.45) is 5.68. The number of phenols is 1. The molecule has 118 valence electrons. The first-order valence-corrected chi connectivity index (χ1v) is 7.99. The van der Waals surface area contributed by atoms with Gasteiger partial charge in [-0.15, -0.1) is 5.10 Å². The lowest BCUT2D eigenvalue weighted by molar-refractivity contribution is 0.217. The average molecular weight is 322 g/mol. The van der Waals surface area contributed by atoms with Gasteiger partial charge in [0.25, 0.3) is 0 Å². The minimum absolute atomic E-state index is 0.0135. The lowest BCUT2D eigenvalue weighted by Crippen LogP contribution is -2.32. The standard InChI is InChI=1S/C16H20ClN3O2/c17-14-10-12(4-5-15(14)21)13-11-20(18-16(13)22)9-8-19-6-2-1-3-7-19/h4-5,10-11,21H,1-3,6-9H2,(H,18,22). The van der Waals surface area contributed by atoms with Crippen LogP contribution in [-0.4, -0.2) is 44.5 Å². The van der Waals surface area contributed by atoms with Gasteiger partial charge in [-0.05, 0) is 43.6 Å². The van der Waals surface area contributed by atoms with Crippen molar-refractivity contribution in [2.45, 2.75) is 25.8 Å². The van der Waals surface area contributed by atoms with Gasteiger partial charge in [-0.1, -0.05) is 24.1 Å². The zero-order valence-corrected chi connectivity index (χ0v) is 13.1. The Morgan fingerprint density at radius 2 is 1.86 bits per heavy atom. The topological polar surface area (TPSA) is 61.5 Å². The molecule has 22 heavy (non-hydrogen) atoms. The number of phenolic OH excluding ortho intramolecular Hbond substituents is 1. The Hall–Kier alpha value is -1.72. The van der Waals surface area contributed by atoms with Gasteiger partial charge in [0, 0.05) is 12.7 Å². The van der Waals surface area contributed by atoms with Crippen molar-refractivity contribution in [2.75, 3.05) is 19.6 Å². The Morgan fingerprint density at radius 3 is 2.59 bits per heavy atom. The van der Waals surface area contributed by atoms with E-state index in [4.69, 9.17) is 11.6 Å². The summed E-state index contributed by atoms with van der Waals surface area (Å²) in [5.74, 6) is 0.0165. The average Bonchev–Trinajstić information content (AvgIpc) is 2.90. The summed E-state index contributed by atoms with van der Waals surface area (Å²) in [6.45, 7) is 3.98. The predicted molar refractivity (Wildman–Crippen MR) is 86.3 cm³/mol. The third-order valence-corrected chi connectivity index (χ3v) is 4.40. The van der Waals surface area contributed by atoms with E-state index in [0.717, 1.165) is 31.7 Å². The Kier molecular flexibility index (Phi) is 4.55. The highest BCUT2D eigenvalue weighted by Crippen LogP contribution is 2.33. The van der Waals surface area contributed by atoms with Crippen LogP contribution < -0.4 is 0 Å². The number of halogens is 1. The molecule has 0 aliphatic carbocycles. The Labute approximate surface area is 134 Å². The molecule has 0 unspecified atom stereocenters. The number of hydrogen-bond donors (Lipinski definition) is 2. The lowest BCUT2D eigenvalue weighted by Gasteiger charge is -2.26. The molecule has 2 heterocycles. The molecule has 5 nitrogen and oxygen atoms in total. The van der Waals surface area contributed by atoms with Crippen LogP contribution in [0.1, 0.15) is 19.3 Å². The van der Waals surface area contributed by atoms with E-state index in [2.05, 4.69) is 10.00 Å². The first-order chi connectivity index (χ1) is 10.6. The number of aromatic hydroxyl groups is 2. The van der Waals surface area contributed by atoms with E-state index in [0.29, 0.717) is 5.56 Å². The van der Waals surface area contributed by atoms with Crippen LogP contribution >= 0.6 is 11.6 Å². The molecule has 0 atom stereocenters. The summed E-state index contributed by atoms with van der Waals surface area (Å²) in [5, 5.41) is 23.9. The molecule has 1 aromatic heterocycles. The van der Waals surface area contributed by atoms with Gasteiger partial charge in [-0.25, -0.2) is 0 Å². The molecule has 3 rings (SSSR count). The highest BCUT2D eigenvalue weighted by molar-refractivity contribution is 6.32. The van der Waals surface area contributed by atoms with E-state index >= 15 is 0 Å². The molecule has 2 aromatic rings. The van der Waals surface area contributed by atoms with E-state index in [9.17, 15) is 10.2 Å². The zero-order valence-electron chi connectivity index (χ0n) is 12.4. The highest BCUT2D eigenvalue weighted by atomic mass is 35.5. The summed E-state index contributed by atoms with van der Waals surface area (Å²) >= 11 is 5.92. The molecule has 0 bridgehead atoms. The van der Waals surface area contributed by atoms with Crippen LogP contribution in [0.4, 0.5) is 0 Å². The highest BCUT2D eigenvalue weighted by Gasteiger charge is 2.13. The number of piperidine rings is 1. The minimum atomic E-state index is -0.0135. The van der Waals surface area contributed by atoms with E-state index in [1.165, 1.54) is 25.3 Å². The molecule has 0 saturated carbocycles. The molecule has 1 aromatic carbocycles. The minimum Gasteiger partial charge on any atom is -0.506 e. The molecule has 1 aliphatic heterocycles. The number of benzene rings is 1. The van der Waals surface area contributed by atoms with Gasteiger partial charge in [0.2, 0.25) is 5.88 Å². The van der Waals surface area contributed by atoms with Crippen LogP contribution in [-0.2, 0) is 6.54 Å². The lowest BCUT2D eigenvalue weighted by atomic mass is 10.1. The van der Waals surface area contributed by atoms with Gasteiger partial charge in [-0.2, -0.15) is 0 Å². The summed E-state index contributed by atoms with van der Waals surface area (Å²) in [5.41, 5.74) is 1.37. The maximum Gasteiger partial charge on any atom is 0.238 e. The van der Waals surface area contributed by atoms with Crippen LogP contribution in [0.3, 0.4) is 0 Å². The van der Waals surface area contributed by atoms with Crippen LogP contribution in [0.15, 0.2) is 24.4 Å². The molecule has 2 N–H and O–H groups in total. The van der Waals surface area contributed by atoms with Gasteiger partial charge in [-0.3, -0.25) is 4.68 Å². The molecule has 0 radical (unpaired) electrons. The zero-order chi connectivity index (χ0) is 15.5. The summed E-state index contributed by atoms with van der Waals surface area (Å²) in [6, 6.07) is 4.86. The third-order valence-electron chi connectivity index (χ3n) is 4.09. The Morgan fingerprint density at radius 1 is 1.09 bits per heavy atom. The predicted octanol–water partition coefficient (Wildman–Crippen LogP) is 3.10. The Bertz CT molecular complexity index is 651. The van der Waals surface area contributed by atoms with Crippen molar-refractivity contribution >= 4 is 11.6 Å². The van der Waals surface area contributed by atoms with Crippen LogP contribution in [0.2, 0.25) is 5.02 Å². The SMILES string of the molecule is Oc1ccc(-c2cn(CCN3CCCCC3)nc2O)cc1Cl. The van der Waals surface area contributed by atoms with Crippen LogP contribution in [0, 0.1) is 0 Å². The van der Waals surface area contributed by atoms with Crippen molar-refractivity contribution in [2.24, 2.45) is 0 Å². The van der Waals surface area contributed by atoms with Crippen molar-refractivity contribution in [1.29, 1.82) is 0 Å². The molecule has 0 amide bonds. The molecule has 6 heteroatoms. The number of hydrogen-bond acceptors (Lipinski definition) is 4. The van der Waals surface area contributed by atoms with Crippen LogP contribution in [0.5, 0.6) is 11.6 Å². The molecule has 1 aliphatic rings. The second kappa shape index (κ2) is 6.58. The van der Waals surface area contributed by atoms with Crippen molar-refractivity contribution in [1.82, 2.24) is 14.7 Å². The molecular weight excluding hydrogens is 302 g/mol. The van der Waals surface area contributed by atoms with Gasteiger partial charge in [0.1, 0.15) is 5.75 Å². The number of likely N-dealkylation sites (tertiary alicyclic amines) is 1. The fourth-order valence-corrected chi connectivity index (χ4v) is 3.01. The van der Waals surface area contributed by atoms with E-state index < -0.39 is 0 Å². The third kappa shape index (κ3) is 3.36. The van der Waals surface area contributed by atoms with Crippen molar-refractivity contribution in [3.63, 3.8) is 0 Å². The fraction of sp³-hybridized carbons (Fsp3) is 0.438. The number of nitrogens with zero attached hydrogens (tertiary/aromatic N) is 3. The smallest absolute Gasteiger partial charge is 0.238 e. The van der Waals surface area contributed by atoms with Crippen molar-refractivity contribution < 1.29 is 10.2 Å². The summed E-state index contributed by atoms with van der Waals surface area (Å²) < 4.78 is 1.76. The first kappa shape index (κ1) is 15.2. The van der Waals surface area contributed by atoms with Gasteiger partial charge in [0.15, 0.2) is 0 Å². The van der Waals surface area contributed by atoms with E-state index in [-0.39, 0.29) is 16.7 Å². The van der Waals surface area contributed by atoms with E-state index in [1.54, 1.807) is 16.8 Å². The molecule has 1 saturated heterocycles. The largest absolute Gasteiger partial charge is 0.506 e. The summed E-state index contributed by atoms with van der Waals surface area (Å²) in [7, 11) is 0. The molecular formula is C16H20ClN3O2. The normalized spacial score (nSPS) is 16.0. The first-order valence-electron chi connectivity index (χ1n) is 7.61. The Balaban J connectivity index is 1.71. The fourth-order valence-electron chi connectivity index (χ4n) is 2.83. The quantitative estimate of drug-likeness (QED) is 0.908. The second-order valence-corrected chi connectivity index (χ2v) is 6.11. The molecule has 1 fully saturated rings. The van der Waals surface area contributed by atoms with Crippen molar-refractivity contribution in [3.05, 3.63) is 29.4 Å². The summed E-state index contributed by atoms with van der Waals surface area (Å²) in [4.78, 5) is 2.43. The monoisotopic (exact) mass is 321 g/mol. The maximum atomic E-state index is 10.0. The van der Waals surface area contributed by atoms with Crippen LogP contribution in [0.25, 0.3) is 11.1 Å². The number of aromatic nitrogens is 2. The number of rotatable bonds is 4. The van der Waals surface area contributed by atoms with Crippen molar-refractivity contribution in [3.8, 4) is 22.8 Å². The van der Waals surface area contributed by atoms with Gasteiger partial charge in [0.05, 0.1) is 17.1 Å². The second-order valence-electron chi connectivity index (χ2n) is 5.70. The van der Waals surface area contributed by atoms with Gasteiger partial charge < -0.3 is 15.1 Å². The van der Waals surface area contributed by atoms with Gasteiger partial charge >= 0.3 is 0 Å². The molecule has 0 spiro atoms. The van der Waals surface area contributed by atoms with E-state index in [1.807, 2.05) is 6.20 Å². The maximum absolute atomic E-state index is 10.0.